The third-order valence-corrected chi connectivity index (χ3v) is 4.98. The van der Waals surface area contributed by atoms with Gasteiger partial charge in [-0.15, -0.1) is 0 Å². The lowest BCUT2D eigenvalue weighted by molar-refractivity contribution is -0.150. The Morgan fingerprint density at radius 1 is 1.23 bits per heavy atom. The zero-order valence-corrected chi connectivity index (χ0v) is 17.4. The summed E-state index contributed by atoms with van der Waals surface area (Å²) in [7, 11) is 1.53. The number of rotatable bonds is 5. The molecule has 164 valence electrons. The molecule has 3 rings (SSSR count). The molecule has 0 unspecified atom stereocenters. The number of carbonyl (C=O) groups excluding carboxylic acids is 4. The predicted octanol–water partition coefficient (Wildman–Crippen LogP) is 0.862. The number of hydrogen-bond acceptors (Lipinski definition) is 8. The minimum Gasteiger partial charge on any atom is -0.466 e. The number of likely N-dealkylation sites (tertiary alicyclic amines) is 1. The van der Waals surface area contributed by atoms with Gasteiger partial charge >= 0.3 is 11.9 Å². The van der Waals surface area contributed by atoms with Crippen molar-refractivity contribution in [2.75, 3.05) is 26.7 Å². The number of esters is 1. The molecule has 2 saturated heterocycles. The van der Waals surface area contributed by atoms with E-state index in [4.69, 9.17) is 9.57 Å². The highest BCUT2D eigenvalue weighted by Crippen LogP contribution is 2.20. The standard InChI is InChI=1S/C21H24N4O6/c1-3-30-20(28)15-9-11-25(12-10-15)19(27)16(13-17-21(29)31-23-24(17)2)22-18(26)14-7-5-4-6-8-14/h4-8,13,15,23H,3,9-12H2,1-2H3/b17-13+,22-16?. The van der Waals surface area contributed by atoms with E-state index in [0.29, 0.717) is 38.1 Å². The fourth-order valence-electron chi connectivity index (χ4n) is 3.27. The van der Waals surface area contributed by atoms with Crippen LogP contribution in [0.3, 0.4) is 0 Å². The van der Waals surface area contributed by atoms with E-state index < -0.39 is 17.8 Å². The van der Waals surface area contributed by atoms with Crippen molar-refractivity contribution in [2.24, 2.45) is 10.9 Å². The second-order valence-corrected chi connectivity index (χ2v) is 7.06. The zero-order valence-electron chi connectivity index (χ0n) is 17.4. The highest BCUT2D eigenvalue weighted by Gasteiger charge is 2.32. The SMILES string of the molecule is CCOC(=O)C1CCN(C(=O)C(/C=C2\C(=O)ONN2C)=NC(=O)c2ccccc2)CC1. The molecule has 31 heavy (non-hydrogen) atoms. The molecule has 0 radical (unpaired) electrons. The van der Waals surface area contributed by atoms with Crippen LogP contribution < -0.4 is 5.59 Å². The van der Waals surface area contributed by atoms with Crippen LogP contribution in [0.1, 0.15) is 30.1 Å². The molecule has 1 aromatic rings. The van der Waals surface area contributed by atoms with Gasteiger partial charge in [0.1, 0.15) is 11.4 Å². The van der Waals surface area contributed by atoms with Crippen molar-refractivity contribution in [1.29, 1.82) is 0 Å². The Hall–Kier alpha value is -3.53. The van der Waals surface area contributed by atoms with E-state index in [9.17, 15) is 19.2 Å². The van der Waals surface area contributed by atoms with Gasteiger partial charge in [-0.1, -0.05) is 23.8 Å². The van der Waals surface area contributed by atoms with Crippen LogP contribution in [0, 0.1) is 5.92 Å². The molecule has 0 saturated carbocycles. The number of likely N-dealkylation sites (N-methyl/N-ethyl adjacent to an activating group) is 1. The van der Waals surface area contributed by atoms with Crippen LogP contribution in [0.5, 0.6) is 0 Å². The average molecular weight is 428 g/mol. The van der Waals surface area contributed by atoms with Gasteiger partial charge in [0, 0.05) is 31.8 Å². The molecule has 0 aliphatic carbocycles. The molecule has 10 nitrogen and oxygen atoms in total. The smallest absolute Gasteiger partial charge is 0.376 e. The van der Waals surface area contributed by atoms with Crippen molar-refractivity contribution in [2.45, 2.75) is 19.8 Å². The lowest BCUT2D eigenvalue weighted by Gasteiger charge is -2.30. The third-order valence-electron chi connectivity index (χ3n) is 4.98. The molecule has 2 amide bonds. The largest absolute Gasteiger partial charge is 0.466 e. The first-order valence-corrected chi connectivity index (χ1v) is 9.97. The van der Waals surface area contributed by atoms with Gasteiger partial charge in [-0.2, -0.15) is 0 Å². The molecule has 2 aliphatic rings. The van der Waals surface area contributed by atoms with Gasteiger partial charge < -0.3 is 14.5 Å². The summed E-state index contributed by atoms with van der Waals surface area (Å²) in [5, 5.41) is 1.28. The Morgan fingerprint density at radius 3 is 2.48 bits per heavy atom. The maximum Gasteiger partial charge on any atom is 0.376 e. The second kappa shape index (κ2) is 9.98. The van der Waals surface area contributed by atoms with E-state index in [1.165, 1.54) is 23.0 Å². The van der Waals surface area contributed by atoms with Crippen LogP contribution in [-0.4, -0.2) is 66.1 Å². The van der Waals surface area contributed by atoms with E-state index in [-0.39, 0.29) is 23.3 Å². The zero-order chi connectivity index (χ0) is 22.4. The Labute approximate surface area is 179 Å². The molecule has 0 atom stereocenters. The number of nitrogens with one attached hydrogen (secondary N) is 1. The summed E-state index contributed by atoms with van der Waals surface area (Å²) >= 11 is 0. The molecule has 2 fully saturated rings. The van der Waals surface area contributed by atoms with Gasteiger partial charge in [-0.25, -0.2) is 9.79 Å². The number of aliphatic imine (C=N–C) groups is 1. The average Bonchev–Trinajstić information content (AvgIpc) is 3.11. The maximum absolute atomic E-state index is 13.2. The van der Waals surface area contributed by atoms with Crippen LogP contribution in [0.15, 0.2) is 47.1 Å². The lowest BCUT2D eigenvalue weighted by atomic mass is 9.96. The van der Waals surface area contributed by atoms with Crippen LogP contribution in [0.2, 0.25) is 0 Å². The van der Waals surface area contributed by atoms with E-state index in [1.807, 2.05) is 0 Å². The predicted molar refractivity (Wildman–Crippen MR) is 109 cm³/mol. The normalized spacial score (nSPS) is 18.8. The first-order valence-electron chi connectivity index (χ1n) is 9.97. The first-order chi connectivity index (χ1) is 14.9. The van der Waals surface area contributed by atoms with Gasteiger partial charge in [0.25, 0.3) is 11.8 Å². The minimum atomic E-state index is -0.698. The number of carbonyl (C=O) groups is 4. The maximum atomic E-state index is 13.2. The number of benzene rings is 1. The Bertz CT molecular complexity index is 919. The summed E-state index contributed by atoms with van der Waals surface area (Å²) in [4.78, 5) is 59.9. The van der Waals surface area contributed by atoms with Crippen molar-refractivity contribution < 1.29 is 28.8 Å². The molecule has 0 spiro atoms. The molecular formula is C21H24N4O6. The van der Waals surface area contributed by atoms with Crippen molar-refractivity contribution >= 4 is 29.5 Å². The molecule has 2 aliphatic heterocycles. The van der Waals surface area contributed by atoms with E-state index in [0.717, 1.165) is 0 Å². The summed E-state index contributed by atoms with van der Waals surface area (Å²) in [5.41, 5.74) is 2.52. The lowest BCUT2D eigenvalue weighted by Crippen LogP contribution is -2.43. The third kappa shape index (κ3) is 5.34. The molecule has 1 N–H and O–H groups in total. The van der Waals surface area contributed by atoms with Crippen LogP contribution >= 0.6 is 0 Å². The number of hydrogen-bond donors (Lipinski definition) is 1. The van der Waals surface area contributed by atoms with Crippen LogP contribution in [0.25, 0.3) is 0 Å². The van der Waals surface area contributed by atoms with Crippen molar-refractivity contribution in [3.05, 3.63) is 47.7 Å². The fourth-order valence-corrected chi connectivity index (χ4v) is 3.27. The van der Waals surface area contributed by atoms with Crippen molar-refractivity contribution in [3.8, 4) is 0 Å². The minimum absolute atomic E-state index is 0.0365. The van der Waals surface area contributed by atoms with E-state index >= 15 is 0 Å². The van der Waals surface area contributed by atoms with Gasteiger partial charge in [0.15, 0.2) is 0 Å². The molecule has 2 heterocycles. The van der Waals surface area contributed by atoms with Gasteiger partial charge in [0.2, 0.25) is 0 Å². The van der Waals surface area contributed by atoms with Gasteiger partial charge in [0.05, 0.1) is 12.5 Å². The van der Waals surface area contributed by atoms with E-state index in [1.54, 1.807) is 37.3 Å². The summed E-state index contributed by atoms with van der Waals surface area (Å²) in [6.07, 6.45) is 2.12. The summed E-state index contributed by atoms with van der Waals surface area (Å²) < 4.78 is 5.05. The van der Waals surface area contributed by atoms with Crippen LogP contribution in [0.4, 0.5) is 0 Å². The van der Waals surface area contributed by atoms with E-state index in [2.05, 4.69) is 10.6 Å². The molecule has 1 aromatic carbocycles. The van der Waals surface area contributed by atoms with Gasteiger partial charge in [-0.05, 0) is 31.9 Å². The van der Waals surface area contributed by atoms with Crippen molar-refractivity contribution in [1.82, 2.24) is 15.5 Å². The number of amides is 2. The summed E-state index contributed by atoms with van der Waals surface area (Å²) in [5.74, 6) is -2.35. The highest BCUT2D eigenvalue weighted by molar-refractivity contribution is 6.45. The first kappa shape index (κ1) is 22.2. The highest BCUT2D eigenvalue weighted by atomic mass is 16.7. The molecule has 0 bridgehead atoms. The fraction of sp³-hybridized carbons (Fsp3) is 0.381. The summed E-state index contributed by atoms with van der Waals surface area (Å²) in [6.45, 7) is 2.67. The summed E-state index contributed by atoms with van der Waals surface area (Å²) in [6, 6.07) is 8.31. The monoisotopic (exact) mass is 428 g/mol. The van der Waals surface area contributed by atoms with Crippen LogP contribution in [-0.2, 0) is 24.0 Å². The number of hydrazine groups is 1. The molecular weight excluding hydrogens is 404 g/mol. The Morgan fingerprint density at radius 2 is 1.90 bits per heavy atom. The Balaban J connectivity index is 1.83. The van der Waals surface area contributed by atoms with Gasteiger partial charge in [-0.3, -0.25) is 19.4 Å². The number of piperidine rings is 1. The number of ether oxygens (including phenoxy) is 1. The topological polar surface area (TPSA) is 118 Å². The second-order valence-electron chi connectivity index (χ2n) is 7.06. The molecule has 0 aromatic heterocycles. The Kier molecular flexibility index (Phi) is 7.14. The molecule has 10 heteroatoms. The van der Waals surface area contributed by atoms with Crippen molar-refractivity contribution in [3.63, 3.8) is 0 Å². The quantitative estimate of drug-likeness (QED) is 0.417. The number of nitrogens with zero attached hydrogens (tertiary/aromatic N) is 3.